The Balaban J connectivity index is 1.98. The smallest absolute Gasteiger partial charge is 0.245 e. The number of nitrogens with one attached hydrogen (secondary N) is 2. The molecule has 1 aromatic rings. The highest BCUT2D eigenvalue weighted by Gasteiger charge is 2.32. The van der Waals surface area contributed by atoms with Crippen LogP contribution in [0.2, 0.25) is 5.15 Å². The monoisotopic (exact) mass is 312 g/mol. The zero-order valence-corrected chi connectivity index (χ0v) is 12.4. The minimum atomic E-state index is -0.595. The van der Waals surface area contributed by atoms with Gasteiger partial charge in [0, 0.05) is 26.4 Å². The Labute approximate surface area is 127 Å². The van der Waals surface area contributed by atoms with Crippen molar-refractivity contribution in [1.82, 2.24) is 15.2 Å². The molecule has 1 aliphatic heterocycles. The predicted octanol–water partition coefficient (Wildman–Crippen LogP) is 0.120. The molecule has 114 valence electrons. The van der Waals surface area contributed by atoms with E-state index in [0.29, 0.717) is 23.9 Å². The molecule has 2 N–H and O–H groups in total. The number of methoxy groups -OCH3 is 1. The standard InChI is InChI=1S/C13H17ClN4O3/c1-21-8-10-13(20)16-5-6-18(10)11(19)7-17-9-3-2-4-15-12(9)14/h2-4,10,17H,5-8H2,1H3,(H,16,20)/t10-/m0/s1. The maximum Gasteiger partial charge on any atom is 0.245 e. The third kappa shape index (κ3) is 3.83. The molecule has 0 radical (unpaired) electrons. The number of piperazine rings is 1. The third-order valence-electron chi connectivity index (χ3n) is 3.16. The Bertz CT molecular complexity index is 526. The molecule has 7 nitrogen and oxygen atoms in total. The van der Waals surface area contributed by atoms with Crippen LogP contribution >= 0.6 is 11.6 Å². The molecular formula is C13H17ClN4O3. The first-order valence-corrected chi connectivity index (χ1v) is 6.91. The summed E-state index contributed by atoms with van der Waals surface area (Å²) >= 11 is 5.91. The van der Waals surface area contributed by atoms with Gasteiger partial charge in [0.1, 0.15) is 6.04 Å². The van der Waals surface area contributed by atoms with Crippen LogP contribution in [0.25, 0.3) is 0 Å². The van der Waals surface area contributed by atoms with Crippen molar-refractivity contribution in [1.29, 1.82) is 0 Å². The first-order chi connectivity index (χ1) is 10.1. The van der Waals surface area contributed by atoms with Crippen molar-refractivity contribution in [3.05, 3.63) is 23.5 Å². The highest BCUT2D eigenvalue weighted by atomic mass is 35.5. The number of carbonyl (C=O) groups excluding carboxylic acids is 2. The zero-order valence-electron chi connectivity index (χ0n) is 11.6. The highest BCUT2D eigenvalue weighted by Crippen LogP contribution is 2.17. The lowest BCUT2D eigenvalue weighted by molar-refractivity contribution is -0.144. The molecule has 2 rings (SSSR count). The largest absolute Gasteiger partial charge is 0.382 e. The van der Waals surface area contributed by atoms with Crippen molar-refractivity contribution in [3.63, 3.8) is 0 Å². The van der Waals surface area contributed by atoms with Gasteiger partial charge in [-0.15, -0.1) is 0 Å². The molecule has 0 bridgehead atoms. The quantitative estimate of drug-likeness (QED) is 0.755. The summed E-state index contributed by atoms with van der Waals surface area (Å²) in [6, 6.07) is 2.86. The second-order valence-electron chi connectivity index (χ2n) is 4.54. The molecule has 2 amide bonds. The van der Waals surface area contributed by atoms with Crippen LogP contribution in [0.5, 0.6) is 0 Å². The number of carbonyl (C=O) groups is 2. The molecule has 1 aliphatic rings. The summed E-state index contributed by atoms with van der Waals surface area (Å²) in [5.74, 6) is -0.386. The molecule has 0 saturated carbocycles. The summed E-state index contributed by atoms with van der Waals surface area (Å²) in [7, 11) is 1.50. The molecule has 0 spiro atoms. The Kier molecular flexibility index (Phi) is 5.35. The number of aromatic nitrogens is 1. The molecule has 0 unspecified atom stereocenters. The minimum absolute atomic E-state index is 0.0406. The van der Waals surface area contributed by atoms with Crippen molar-refractivity contribution in [3.8, 4) is 0 Å². The summed E-state index contributed by atoms with van der Waals surface area (Å²) in [6.07, 6.45) is 1.57. The number of nitrogens with zero attached hydrogens (tertiary/aromatic N) is 2. The zero-order chi connectivity index (χ0) is 15.2. The molecule has 1 aromatic heterocycles. The Morgan fingerprint density at radius 3 is 3.19 bits per heavy atom. The average molecular weight is 313 g/mol. The lowest BCUT2D eigenvalue weighted by Crippen LogP contribution is -2.59. The van der Waals surface area contributed by atoms with Crippen LogP contribution in [0.15, 0.2) is 18.3 Å². The van der Waals surface area contributed by atoms with E-state index in [1.54, 1.807) is 18.3 Å². The fourth-order valence-electron chi connectivity index (χ4n) is 2.13. The number of amides is 2. The van der Waals surface area contributed by atoms with Gasteiger partial charge in [0.2, 0.25) is 11.8 Å². The first kappa shape index (κ1) is 15.5. The van der Waals surface area contributed by atoms with Gasteiger partial charge >= 0.3 is 0 Å². The van der Waals surface area contributed by atoms with E-state index < -0.39 is 6.04 Å². The van der Waals surface area contributed by atoms with Gasteiger partial charge in [-0.3, -0.25) is 9.59 Å². The van der Waals surface area contributed by atoms with Crippen LogP contribution in [-0.4, -0.2) is 61.1 Å². The van der Waals surface area contributed by atoms with Crippen LogP contribution in [0.4, 0.5) is 5.69 Å². The second kappa shape index (κ2) is 7.24. The van der Waals surface area contributed by atoms with Crippen molar-refractivity contribution < 1.29 is 14.3 Å². The van der Waals surface area contributed by atoms with E-state index >= 15 is 0 Å². The second-order valence-corrected chi connectivity index (χ2v) is 4.90. The van der Waals surface area contributed by atoms with Crippen molar-refractivity contribution in [2.24, 2.45) is 0 Å². The van der Waals surface area contributed by atoms with Gasteiger partial charge in [-0.1, -0.05) is 11.6 Å². The van der Waals surface area contributed by atoms with Gasteiger partial charge in [0.15, 0.2) is 5.15 Å². The molecule has 21 heavy (non-hydrogen) atoms. The van der Waals surface area contributed by atoms with Crippen LogP contribution < -0.4 is 10.6 Å². The van der Waals surface area contributed by atoms with E-state index in [4.69, 9.17) is 16.3 Å². The van der Waals surface area contributed by atoms with Gasteiger partial charge in [-0.05, 0) is 12.1 Å². The molecule has 2 heterocycles. The Morgan fingerprint density at radius 1 is 1.67 bits per heavy atom. The van der Waals surface area contributed by atoms with Crippen LogP contribution in [0, 0.1) is 0 Å². The molecule has 1 atom stereocenters. The van der Waals surface area contributed by atoms with Gasteiger partial charge in [0.25, 0.3) is 0 Å². The summed E-state index contributed by atoms with van der Waals surface area (Å²) in [5, 5.41) is 5.95. The van der Waals surface area contributed by atoms with Crippen LogP contribution in [0.1, 0.15) is 0 Å². The van der Waals surface area contributed by atoms with Crippen LogP contribution in [0.3, 0.4) is 0 Å². The van der Waals surface area contributed by atoms with Gasteiger partial charge in [-0.25, -0.2) is 4.98 Å². The lowest BCUT2D eigenvalue weighted by Gasteiger charge is -2.34. The maximum atomic E-state index is 12.3. The van der Waals surface area contributed by atoms with E-state index in [1.165, 1.54) is 12.0 Å². The van der Waals surface area contributed by atoms with Crippen molar-refractivity contribution in [2.45, 2.75) is 6.04 Å². The fraction of sp³-hybridized carbons (Fsp3) is 0.462. The van der Waals surface area contributed by atoms with E-state index in [1.807, 2.05) is 0 Å². The van der Waals surface area contributed by atoms with Gasteiger partial charge in [0.05, 0.1) is 18.8 Å². The number of anilines is 1. The van der Waals surface area contributed by atoms with Crippen LogP contribution in [-0.2, 0) is 14.3 Å². The minimum Gasteiger partial charge on any atom is -0.382 e. The Hall–Kier alpha value is -1.86. The molecule has 1 saturated heterocycles. The molecule has 1 fully saturated rings. The maximum absolute atomic E-state index is 12.3. The topological polar surface area (TPSA) is 83.6 Å². The predicted molar refractivity (Wildman–Crippen MR) is 78.1 cm³/mol. The number of hydrogen-bond acceptors (Lipinski definition) is 5. The number of hydrogen-bond donors (Lipinski definition) is 2. The number of pyridine rings is 1. The third-order valence-corrected chi connectivity index (χ3v) is 3.47. The average Bonchev–Trinajstić information content (AvgIpc) is 2.48. The SMILES string of the molecule is COC[C@H]1C(=O)NCCN1C(=O)CNc1cccnc1Cl. The Morgan fingerprint density at radius 2 is 2.48 bits per heavy atom. The number of rotatable bonds is 5. The summed E-state index contributed by atoms with van der Waals surface area (Å²) in [6.45, 7) is 1.11. The number of halogens is 1. The molecule has 0 aliphatic carbocycles. The van der Waals surface area contributed by atoms with Gasteiger partial charge < -0.3 is 20.3 Å². The number of ether oxygens (including phenoxy) is 1. The fourth-order valence-corrected chi connectivity index (χ4v) is 2.31. The summed E-state index contributed by atoms with van der Waals surface area (Å²) in [4.78, 5) is 29.5. The summed E-state index contributed by atoms with van der Waals surface area (Å²) < 4.78 is 5.01. The van der Waals surface area contributed by atoms with Crippen molar-refractivity contribution >= 4 is 29.1 Å². The first-order valence-electron chi connectivity index (χ1n) is 6.54. The highest BCUT2D eigenvalue weighted by molar-refractivity contribution is 6.32. The van der Waals surface area contributed by atoms with Crippen molar-refractivity contribution in [2.75, 3.05) is 38.7 Å². The lowest BCUT2D eigenvalue weighted by atomic mass is 10.2. The molecule has 0 aromatic carbocycles. The normalized spacial score (nSPS) is 18.3. The summed E-state index contributed by atoms with van der Waals surface area (Å²) in [5.41, 5.74) is 0.581. The van der Waals surface area contributed by atoms with E-state index in [0.717, 1.165) is 0 Å². The molecule has 8 heteroatoms. The van der Waals surface area contributed by atoms with Gasteiger partial charge in [-0.2, -0.15) is 0 Å². The van der Waals surface area contributed by atoms with E-state index in [2.05, 4.69) is 15.6 Å². The van der Waals surface area contributed by atoms with E-state index in [9.17, 15) is 9.59 Å². The molecular weight excluding hydrogens is 296 g/mol. The van der Waals surface area contributed by atoms with E-state index in [-0.39, 0.29) is 25.0 Å².